The summed E-state index contributed by atoms with van der Waals surface area (Å²) in [5, 5.41) is 7.01. The van der Waals surface area contributed by atoms with E-state index in [1.54, 1.807) is 7.11 Å². The molecule has 1 aromatic heterocycles. The molecule has 2 N–H and O–H groups in total. The molecule has 4 rings (SSSR count). The van der Waals surface area contributed by atoms with E-state index in [9.17, 15) is 0 Å². The van der Waals surface area contributed by atoms with Crippen LogP contribution in [0.5, 0.6) is 5.75 Å². The van der Waals surface area contributed by atoms with Crippen LogP contribution >= 0.6 is 12.2 Å². The predicted octanol–water partition coefficient (Wildman–Crippen LogP) is 4.20. The summed E-state index contributed by atoms with van der Waals surface area (Å²) >= 11 is 5.55. The maximum Gasteiger partial charge on any atom is 0.232 e. The summed E-state index contributed by atoms with van der Waals surface area (Å²) in [5.74, 6) is 4.08. The molecule has 2 saturated heterocycles. The molecule has 0 bridgehead atoms. The zero-order valence-corrected chi connectivity index (χ0v) is 20.0. The maximum absolute atomic E-state index is 5.55. The second kappa shape index (κ2) is 10.8. The topological polar surface area (TPSA) is 65.6 Å². The molecule has 3 heterocycles. The third-order valence-electron chi connectivity index (χ3n) is 6.20. The van der Waals surface area contributed by atoms with E-state index in [-0.39, 0.29) is 0 Å². The van der Waals surface area contributed by atoms with Gasteiger partial charge in [-0.1, -0.05) is 19.1 Å². The van der Waals surface area contributed by atoms with Crippen LogP contribution in [0.1, 0.15) is 44.6 Å². The number of nitrogens with one attached hydrogen (secondary N) is 2. The fraction of sp³-hybridized carbons (Fsp3) is 0.542. The van der Waals surface area contributed by atoms with Gasteiger partial charge in [0, 0.05) is 38.8 Å². The Bertz CT molecular complexity index is 900. The highest BCUT2D eigenvalue weighted by molar-refractivity contribution is 7.80. The summed E-state index contributed by atoms with van der Waals surface area (Å²) in [4.78, 5) is 14.4. The summed E-state index contributed by atoms with van der Waals surface area (Å²) in [5.41, 5.74) is 1.13. The van der Waals surface area contributed by atoms with Crippen molar-refractivity contribution in [2.24, 2.45) is 5.92 Å². The number of aromatic nitrogens is 2. The van der Waals surface area contributed by atoms with Crippen molar-refractivity contribution in [1.82, 2.24) is 15.3 Å². The smallest absolute Gasteiger partial charge is 0.232 e. The Morgan fingerprint density at radius 2 is 1.72 bits per heavy atom. The Morgan fingerprint density at radius 3 is 2.41 bits per heavy atom. The van der Waals surface area contributed by atoms with Gasteiger partial charge < -0.3 is 25.2 Å². The zero-order valence-electron chi connectivity index (χ0n) is 19.1. The van der Waals surface area contributed by atoms with Crippen LogP contribution in [0.25, 0.3) is 0 Å². The lowest BCUT2D eigenvalue weighted by molar-refractivity contribution is 0.414. The highest BCUT2D eigenvalue weighted by Gasteiger charge is 2.21. The molecule has 172 valence electrons. The first-order valence-corrected chi connectivity index (χ1v) is 12.1. The Labute approximate surface area is 196 Å². The van der Waals surface area contributed by atoms with E-state index in [0.29, 0.717) is 23.5 Å². The quantitative estimate of drug-likeness (QED) is 0.630. The summed E-state index contributed by atoms with van der Waals surface area (Å²) < 4.78 is 5.22. The number of hydrogen-bond donors (Lipinski definition) is 2. The van der Waals surface area contributed by atoms with Crippen LogP contribution in [-0.2, 0) is 6.54 Å². The lowest BCUT2D eigenvalue weighted by atomic mass is 10.0. The molecule has 2 fully saturated rings. The Kier molecular flexibility index (Phi) is 7.63. The van der Waals surface area contributed by atoms with Crippen molar-refractivity contribution in [2.75, 3.05) is 48.4 Å². The van der Waals surface area contributed by atoms with Crippen LogP contribution in [0.4, 0.5) is 17.6 Å². The molecule has 0 radical (unpaired) electrons. The summed E-state index contributed by atoms with van der Waals surface area (Å²) in [6.07, 6.45) is 6.21. The number of hydrogen-bond acceptors (Lipinski definition) is 6. The molecule has 0 amide bonds. The van der Waals surface area contributed by atoms with Gasteiger partial charge in [0.25, 0.3) is 0 Å². The molecule has 8 heteroatoms. The molecule has 32 heavy (non-hydrogen) atoms. The summed E-state index contributed by atoms with van der Waals surface area (Å²) in [7, 11) is 1.67. The van der Waals surface area contributed by atoms with Gasteiger partial charge in [0.1, 0.15) is 17.4 Å². The SMILES string of the molecule is COc1ccc(CNC(=S)Nc2nc(N3CCCCC3)cc(N3CCCC(C)C3)n2)cc1. The van der Waals surface area contributed by atoms with E-state index in [1.807, 2.05) is 24.3 Å². The molecular weight excluding hydrogens is 420 g/mol. The fourth-order valence-corrected chi connectivity index (χ4v) is 4.56. The predicted molar refractivity (Wildman–Crippen MR) is 135 cm³/mol. The van der Waals surface area contributed by atoms with E-state index >= 15 is 0 Å². The van der Waals surface area contributed by atoms with Crippen LogP contribution in [0, 0.1) is 5.92 Å². The molecule has 2 aromatic rings. The number of ether oxygens (including phenoxy) is 1. The molecular formula is C24H34N6OS. The van der Waals surface area contributed by atoms with E-state index in [2.05, 4.69) is 33.4 Å². The largest absolute Gasteiger partial charge is 0.497 e. The first-order chi connectivity index (χ1) is 15.6. The number of rotatable bonds is 6. The van der Waals surface area contributed by atoms with Gasteiger partial charge in [-0.25, -0.2) is 0 Å². The van der Waals surface area contributed by atoms with Gasteiger partial charge >= 0.3 is 0 Å². The molecule has 0 spiro atoms. The minimum atomic E-state index is 0.523. The number of benzene rings is 1. The van der Waals surface area contributed by atoms with E-state index in [4.69, 9.17) is 26.9 Å². The normalized spacial score (nSPS) is 18.9. The second-order valence-corrected chi connectivity index (χ2v) is 9.21. The Balaban J connectivity index is 1.46. The highest BCUT2D eigenvalue weighted by Crippen LogP contribution is 2.27. The van der Waals surface area contributed by atoms with Crippen LogP contribution in [0.2, 0.25) is 0 Å². The first-order valence-electron chi connectivity index (χ1n) is 11.7. The van der Waals surface area contributed by atoms with Crippen LogP contribution < -0.4 is 25.2 Å². The average molecular weight is 455 g/mol. The first kappa shape index (κ1) is 22.6. The molecule has 7 nitrogen and oxygen atoms in total. The lowest BCUT2D eigenvalue weighted by Crippen LogP contribution is -2.36. The average Bonchev–Trinajstić information content (AvgIpc) is 2.83. The van der Waals surface area contributed by atoms with Gasteiger partial charge in [-0.2, -0.15) is 9.97 Å². The van der Waals surface area contributed by atoms with Crippen LogP contribution in [0.3, 0.4) is 0 Å². The number of piperidine rings is 2. The number of thiocarbonyl (C=S) groups is 1. The van der Waals surface area contributed by atoms with Gasteiger partial charge in [-0.3, -0.25) is 0 Å². The molecule has 1 unspecified atom stereocenters. The van der Waals surface area contributed by atoms with Crippen molar-refractivity contribution < 1.29 is 4.74 Å². The molecule has 0 aliphatic carbocycles. The molecule has 1 aromatic carbocycles. The second-order valence-electron chi connectivity index (χ2n) is 8.80. The summed E-state index contributed by atoms with van der Waals surface area (Å²) in [6.45, 7) is 7.11. The van der Waals surface area contributed by atoms with Gasteiger partial charge in [0.05, 0.1) is 7.11 Å². The lowest BCUT2D eigenvalue weighted by Gasteiger charge is -2.33. The van der Waals surface area contributed by atoms with E-state index in [0.717, 1.165) is 49.1 Å². The number of anilines is 3. The minimum absolute atomic E-state index is 0.523. The highest BCUT2D eigenvalue weighted by atomic mass is 32.1. The number of nitrogens with zero attached hydrogens (tertiary/aromatic N) is 4. The molecule has 2 aliphatic heterocycles. The Hall–Kier alpha value is -2.61. The number of methoxy groups -OCH3 is 1. The standard InChI is InChI=1S/C24H34N6OS/c1-18-7-6-14-30(17-18)22-15-21(29-12-4-3-5-13-29)26-23(27-22)28-24(32)25-16-19-8-10-20(31-2)11-9-19/h8-11,15,18H,3-7,12-14,16-17H2,1-2H3,(H2,25,26,27,28,32). The van der Waals surface area contributed by atoms with Gasteiger partial charge in [-0.15, -0.1) is 0 Å². The van der Waals surface area contributed by atoms with E-state index in [1.165, 1.54) is 32.1 Å². The minimum Gasteiger partial charge on any atom is -0.497 e. The van der Waals surface area contributed by atoms with Crippen molar-refractivity contribution in [2.45, 2.75) is 45.6 Å². The van der Waals surface area contributed by atoms with Crippen molar-refractivity contribution in [3.8, 4) is 5.75 Å². The van der Waals surface area contributed by atoms with Crippen molar-refractivity contribution in [1.29, 1.82) is 0 Å². The monoisotopic (exact) mass is 454 g/mol. The zero-order chi connectivity index (χ0) is 22.3. The van der Waals surface area contributed by atoms with Crippen LogP contribution in [-0.4, -0.2) is 48.4 Å². The van der Waals surface area contributed by atoms with Crippen molar-refractivity contribution in [3.63, 3.8) is 0 Å². The molecule has 0 saturated carbocycles. The third kappa shape index (κ3) is 6.00. The summed E-state index contributed by atoms with van der Waals surface area (Å²) in [6, 6.07) is 10.1. The van der Waals surface area contributed by atoms with E-state index < -0.39 is 0 Å². The van der Waals surface area contributed by atoms with Gasteiger partial charge in [0.15, 0.2) is 5.11 Å². The van der Waals surface area contributed by atoms with Crippen molar-refractivity contribution in [3.05, 3.63) is 35.9 Å². The van der Waals surface area contributed by atoms with Crippen LogP contribution in [0.15, 0.2) is 30.3 Å². The maximum atomic E-state index is 5.55. The van der Waals surface area contributed by atoms with Crippen molar-refractivity contribution >= 4 is 34.9 Å². The van der Waals surface area contributed by atoms with Gasteiger partial charge in [0.2, 0.25) is 5.95 Å². The Morgan fingerprint density at radius 1 is 1.03 bits per heavy atom. The third-order valence-corrected chi connectivity index (χ3v) is 6.44. The molecule has 2 aliphatic rings. The molecule has 1 atom stereocenters. The fourth-order valence-electron chi connectivity index (χ4n) is 4.39. The van der Waals surface area contributed by atoms with Gasteiger partial charge in [-0.05, 0) is 67.9 Å².